The number of hydrogen-bond donors (Lipinski definition) is 0. The van der Waals surface area contributed by atoms with E-state index in [1.54, 1.807) is 0 Å². The minimum absolute atomic E-state index is 0.0321. The predicted octanol–water partition coefficient (Wildman–Crippen LogP) is 5.11. The van der Waals surface area contributed by atoms with Crippen molar-refractivity contribution >= 4 is 28.4 Å². The minimum atomic E-state index is -0.172. The van der Waals surface area contributed by atoms with Crippen molar-refractivity contribution in [3.63, 3.8) is 0 Å². The SMILES string of the molecule is C=C1C2=C(SC(C)=O)C(=O)CC[C@]2(C)[C@H]2CC[C@]3(C)C(=O)CC[C@H]3[C@@H]2[C@@H]1C. The standard InChI is InChI=1S/C23H30O3S/c1-12-13(2)20-21(27-14(3)24)17(25)9-11-23(20,5)16-8-10-22(4)15(19(12)16)6-7-18(22)26/h12,15-16,19H,2,6-11H2,1,3-5H3/t12-,15+,16+,19+,22+,23-/m1/s1. The van der Waals surface area contributed by atoms with Gasteiger partial charge < -0.3 is 0 Å². The molecule has 4 aliphatic rings. The van der Waals surface area contributed by atoms with Crippen molar-refractivity contribution in [3.05, 3.63) is 22.6 Å². The first-order valence-corrected chi connectivity index (χ1v) is 11.1. The summed E-state index contributed by atoms with van der Waals surface area (Å²) in [6.07, 6.45) is 5.06. The normalized spacial score (nSPS) is 44.1. The third-order valence-corrected chi connectivity index (χ3v) is 9.40. The molecule has 0 aliphatic heterocycles. The molecule has 0 heterocycles. The summed E-state index contributed by atoms with van der Waals surface area (Å²) in [4.78, 5) is 37.9. The molecule has 0 spiro atoms. The fraction of sp³-hybridized carbons (Fsp3) is 0.696. The number of thioether (sulfide) groups is 1. The second-order valence-electron chi connectivity index (χ2n) is 9.66. The van der Waals surface area contributed by atoms with Crippen LogP contribution in [0.1, 0.15) is 66.2 Å². The van der Waals surface area contributed by atoms with E-state index in [1.807, 2.05) is 0 Å². The summed E-state index contributed by atoms with van der Waals surface area (Å²) < 4.78 is 0. The summed E-state index contributed by atoms with van der Waals surface area (Å²) in [5.41, 5.74) is 1.83. The lowest BCUT2D eigenvalue weighted by Crippen LogP contribution is -2.54. The highest BCUT2D eigenvalue weighted by molar-refractivity contribution is 8.17. The van der Waals surface area contributed by atoms with Crippen molar-refractivity contribution < 1.29 is 14.4 Å². The average Bonchev–Trinajstić information content (AvgIpc) is 2.90. The van der Waals surface area contributed by atoms with Crippen LogP contribution in [-0.2, 0) is 14.4 Å². The van der Waals surface area contributed by atoms with E-state index in [-0.39, 0.29) is 27.6 Å². The highest BCUT2D eigenvalue weighted by Crippen LogP contribution is 2.67. The summed E-state index contributed by atoms with van der Waals surface area (Å²) >= 11 is 1.11. The van der Waals surface area contributed by atoms with Crippen LogP contribution in [0.15, 0.2) is 22.6 Å². The van der Waals surface area contributed by atoms with Gasteiger partial charge in [-0.05, 0) is 77.7 Å². The maximum atomic E-state index is 12.7. The molecular weight excluding hydrogens is 356 g/mol. The summed E-state index contributed by atoms with van der Waals surface area (Å²) in [6, 6.07) is 0. The second-order valence-corrected chi connectivity index (χ2v) is 10.8. The minimum Gasteiger partial charge on any atom is -0.299 e. The van der Waals surface area contributed by atoms with Gasteiger partial charge in [0.2, 0.25) is 0 Å². The maximum absolute atomic E-state index is 12.7. The Morgan fingerprint density at radius 1 is 1.07 bits per heavy atom. The highest BCUT2D eigenvalue weighted by atomic mass is 32.2. The summed E-state index contributed by atoms with van der Waals surface area (Å²) in [6.45, 7) is 12.7. The number of hydrogen-bond acceptors (Lipinski definition) is 4. The van der Waals surface area contributed by atoms with Gasteiger partial charge in [-0.3, -0.25) is 14.4 Å². The van der Waals surface area contributed by atoms with Crippen LogP contribution in [0.2, 0.25) is 0 Å². The first kappa shape index (κ1) is 19.2. The number of fused-ring (bicyclic) bond motifs is 5. The van der Waals surface area contributed by atoms with E-state index in [4.69, 9.17) is 0 Å². The Labute approximate surface area is 166 Å². The molecule has 0 aromatic carbocycles. The average molecular weight is 387 g/mol. The fourth-order valence-electron chi connectivity index (χ4n) is 7.01. The molecule has 4 heteroatoms. The van der Waals surface area contributed by atoms with Crippen LogP contribution in [0, 0.1) is 34.5 Å². The van der Waals surface area contributed by atoms with E-state index >= 15 is 0 Å². The van der Waals surface area contributed by atoms with Crippen LogP contribution in [0.3, 0.4) is 0 Å². The molecule has 0 N–H and O–H groups in total. The molecule has 4 aliphatic carbocycles. The van der Waals surface area contributed by atoms with Crippen molar-refractivity contribution in [2.45, 2.75) is 66.2 Å². The van der Waals surface area contributed by atoms with E-state index in [0.717, 1.165) is 48.6 Å². The van der Waals surface area contributed by atoms with Gasteiger partial charge in [-0.15, -0.1) is 0 Å². The zero-order chi connectivity index (χ0) is 19.7. The van der Waals surface area contributed by atoms with Gasteiger partial charge in [0.05, 0.1) is 4.91 Å². The Morgan fingerprint density at radius 3 is 2.41 bits per heavy atom. The zero-order valence-corrected chi connectivity index (χ0v) is 17.7. The number of carbonyl (C=O) groups excluding carboxylic acids is 3. The molecule has 0 aromatic heterocycles. The van der Waals surface area contributed by atoms with Crippen LogP contribution < -0.4 is 0 Å². The highest BCUT2D eigenvalue weighted by Gasteiger charge is 2.62. The van der Waals surface area contributed by atoms with E-state index in [9.17, 15) is 14.4 Å². The molecule has 3 nitrogen and oxygen atoms in total. The topological polar surface area (TPSA) is 51.2 Å². The quantitative estimate of drug-likeness (QED) is 0.628. The van der Waals surface area contributed by atoms with Crippen molar-refractivity contribution in [2.24, 2.45) is 34.5 Å². The third-order valence-electron chi connectivity index (χ3n) is 8.48. The molecule has 0 bridgehead atoms. The van der Waals surface area contributed by atoms with Gasteiger partial charge in [0.25, 0.3) is 0 Å². The molecule has 6 atom stereocenters. The lowest BCUT2D eigenvalue weighted by Gasteiger charge is -2.60. The molecule has 3 fully saturated rings. The van der Waals surface area contributed by atoms with E-state index in [2.05, 4.69) is 27.4 Å². The zero-order valence-electron chi connectivity index (χ0n) is 16.9. The molecule has 0 saturated heterocycles. The fourth-order valence-corrected chi connectivity index (χ4v) is 7.98. The molecule has 146 valence electrons. The Morgan fingerprint density at radius 2 is 1.74 bits per heavy atom. The molecule has 4 rings (SSSR count). The van der Waals surface area contributed by atoms with Crippen molar-refractivity contribution in [2.75, 3.05) is 0 Å². The van der Waals surface area contributed by atoms with Crippen molar-refractivity contribution in [1.29, 1.82) is 0 Å². The summed E-state index contributed by atoms with van der Waals surface area (Å²) in [5, 5.41) is -0.0321. The van der Waals surface area contributed by atoms with Gasteiger partial charge in [0.15, 0.2) is 10.9 Å². The summed E-state index contributed by atoms with van der Waals surface area (Å²) in [5.74, 6) is 2.14. The van der Waals surface area contributed by atoms with Crippen LogP contribution in [0.25, 0.3) is 0 Å². The monoisotopic (exact) mass is 386 g/mol. The summed E-state index contributed by atoms with van der Waals surface area (Å²) in [7, 11) is 0. The Bertz CT molecular complexity index is 793. The number of allylic oxidation sites excluding steroid dienone is 2. The van der Waals surface area contributed by atoms with Crippen molar-refractivity contribution in [1.82, 2.24) is 0 Å². The molecule has 0 aromatic rings. The number of Topliss-reactive ketones (excluding diaryl/α,β-unsaturated/α-hetero) is 2. The Kier molecular flexibility index (Phi) is 4.38. The molecular formula is C23H30O3S. The van der Waals surface area contributed by atoms with Crippen LogP contribution >= 0.6 is 11.8 Å². The molecule has 0 radical (unpaired) electrons. The third kappa shape index (κ3) is 2.51. The van der Waals surface area contributed by atoms with E-state index < -0.39 is 0 Å². The second kappa shape index (κ2) is 6.17. The molecule has 0 amide bonds. The lowest BCUT2D eigenvalue weighted by molar-refractivity contribution is -0.133. The number of carbonyl (C=O) groups is 3. The van der Waals surface area contributed by atoms with Crippen LogP contribution in [0.4, 0.5) is 0 Å². The van der Waals surface area contributed by atoms with Gasteiger partial charge in [0, 0.05) is 25.2 Å². The smallest absolute Gasteiger partial charge is 0.190 e. The van der Waals surface area contributed by atoms with Gasteiger partial charge in [-0.2, -0.15) is 0 Å². The number of rotatable bonds is 1. The number of ketones is 2. The maximum Gasteiger partial charge on any atom is 0.190 e. The predicted molar refractivity (Wildman–Crippen MR) is 108 cm³/mol. The van der Waals surface area contributed by atoms with Gasteiger partial charge in [-0.25, -0.2) is 0 Å². The first-order valence-electron chi connectivity index (χ1n) is 10.3. The van der Waals surface area contributed by atoms with Gasteiger partial charge >= 0.3 is 0 Å². The van der Waals surface area contributed by atoms with Gasteiger partial charge in [0.1, 0.15) is 5.78 Å². The Hall–Kier alpha value is -1.16. The lowest BCUT2D eigenvalue weighted by atomic mass is 9.44. The van der Waals surface area contributed by atoms with E-state index in [1.165, 1.54) is 6.92 Å². The largest absolute Gasteiger partial charge is 0.299 e. The van der Waals surface area contributed by atoms with Crippen LogP contribution in [0.5, 0.6) is 0 Å². The van der Waals surface area contributed by atoms with Crippen LogP contribution in [-0.4, -0.2) is 16.7 Å². The molecule has 27 heavy (non-hydrogen) atoms. The van der Waals surface area contributed by atoms with Gasteiger partial charge in [-0.1, -0.05) is 27.4 Å². The first-order chi connectivity index (χ1) is 12.6. The van der Waals surface area contributed by atoms with Crippen molar-refractivity contribution in [3.8, 4) is 0 Å². The van der Waals surface area contributed by atoms with E-state index in [0.29, 0.717) is 41.3 Å². The molecule has 3 saturated carbocycles. The molecule has 0 unspecified atom stereocenters. The Balaban J connectivity index is 1.84.